The van der Waals surface area contributed by atoms with E-state index in [1.165, 1.54) is 4.90 Å². The molecule has 0 radical (unpaired) electrons. The maximum atomic E-state index is 12.0. The summed E-state index contributed by atoms with van der Waals surface area (Å²) < 4.78 is 0. The van der Waals surface area contributed by atoms with E-state index in [1.54, 1.807) is 0 Å². The van der Waals surface area contributed by atoms with Crippen molar-refractivity contribution in [3.8, 4) is 0 Å². The van der Waals surface area contributed by atoms with Gasteiger partial charge in [-0.25, -0.2) is 9.59 Å². The molecule has 1 aliphatic heterocycles. The fourth-order valence-electron chi connectivity index (χ4n) is 2.86. The first-order chi connectivity index (χ1) is 8.97. The highest BCUT2D eigenvalue weighted by Gasteiger charge is 2.43. The van der Waals surface area contributed by atoms with E-state index >= 15 is 0 Å². The summed E-state index contributed by atoms with van der Waals surface area (Å²) in [5.41, 5.74) is 0.238. The van der Waals surface area contributed by atoms with Crippen molar-refractivity contribution < 1.29 is 19.8 Å². The molecule has 2 rings (SSSR count). The van der Waals surface area contributed by atoms with E-state index in [9.17, 15) is 14.7 Å². The van der Waals surface area contributed by atoms with E-state index in [0.717, 1.165) is 25.7 Å². The van der Waals surface area contributed by atoms with E-state index < -0.39 is 18.1 Å². The molecule has 2 unspecified atom stereocenters. The molecule has 1 saturated heterocycles. The van der Waals surface area contributed by atoms with Gasteiger partial charge in [0.2, 0.25) is 0 Å². The zero-order valence-corrected chi connectivity index (χ0v) is 11.3. The van der Waals surface area contributed by atoms with Gasteiger partial charge in [0.15, 0.2) is 0 Å². The maximum Gasteiger partial charge on any atom is 0.326 e. The molecule has 0 bridgehead atoms. The molecule has 2 fully saturated rings. The number of carboxylic acid groups (broad SMARTS) is 1. The topological polar surface area (TPSA) is 89.9 Å². The highest BCUT2D eigenvalue weighted by Crippen LogP contribution is 2.48. The quantitative estimate of drug-likeness (QED) is 0.689. The van der Waals surface area contributed by atoms with Crippen LogP contribution < -0.4 is 5.32 Å². The number of amides is 2. The summed E-state index contributed by atoms with van der Waals surface area (Å²) in [5.74, 6) is -1.05. The second-order valence-corrected chi connectivity index (χ2v) is 5.80. The van der Waals surface area contributed by atoms with Gasteiger partial charge in [-0.15, -0.1) is 0 Å². The van der Waals surface area contributed by atoms with E-state index in [4.69, 9.17) is 5.11 Å². The van der Waals surface area contributed by atoms with Crippen LogP contribution in [0.15, 0.2) is 0 Å². The monoisotopic (exact) mass is 270 g/mol. The summed E-state index contributed by atoms with van der Waals surface area (Å²) in [6.45, 7) is 2.83. The molecule has 2 amide bonds. The first kappa shape index (κ1) is 14.1. The standard InChI is InChI=1S/C13H22N2O4/c1-2-3-13(4-5-13)8-14-12(19)15-7-9(16)6-10(15)11(17)18/h9-10,16H,2-8H2,1H3,(H,14,19)(H,17,18). The molecule has 108 valence electrons. The lowest BCUT2D eigenvalue weighted by Gasteiger charge is -2.23. The Bertz CT molecular complexity index is 368. The fraction of sp³-hybridized carbons (Fsp3) is 0.846. The third-order valence-electron chi connectivity index (χ3n) is 4.18. The number of carboxylic acids is 1. The van der Waals surface area contributed by atoms with Crippen molar-refractivity contribution >= 4 is 12.0 Å². The molecule has 19 heavy (non-hydrogen) atoms. The minimum absolute atomic E-state index is 0.101. The van der Waals surface area contributed by atoms with Crippen LogP contribution in [0, 0.1) is 5.41 Å². The van der Waals surface area contributed by atoms with Gasteiger partial charge >= 0.3 is 12.0 Å². The van der Waals surface area contributed by atoms with Gasteiger partial charge in [0.25, 0.3) is 0 Å². The molecule has 6 nitrogen and oxygen atoms in total. The average molecular weight is 270 g/mol. The van der Waals surface area contributed by atoms with Crippen LogP contribution in [-0.2, 0) is 4.79 Å². The van der Waals surface area contributed by atoms with Crippen molar-refractivity contribution in [2.24, 2.45) is 5.41 Å². The minimum atomic E-state index is -1.05. The molecule has 1 saturated carbocycles. The minimum Gasteiger partial charge on any atom is -0.480 e. The van der Waals surface area contributed by atoms with Crippen LogP contribution in [0.2, 0.25) is 0 Å². The Kier molecular flexibility index (Phi) is 3.99. The molecule has 3 N–H and O–H groups in total. The second-order valence-electron chi connectivity index (χ2n) is 5.80. The number of hydrogen-bond donors (Lipinski definition) is 3. The Balaban J connectivity index is 1.87. The van der Waals surface area contributed by atoms with Crippen molar-refractivity contribution in [1.82, 2.24) is 10.2 Å². The predicted octanol–water partition coefficient (Wildman–Crippen LogP) is 0.796. The number of aliphatic hydroxyl groups excluding tert-OH is 1. The van der Waals surface area contributed by atoms with Crippen LogP contribution in [0.1, 0.15) is 39.0 Å². The number of likely N-dealkylation sites (tertiary alicyclic amines) is 1. The number of β-amino-alcohol motifs (C(OH)–C–C–N with tert-alkyl or cyclic N) is 1. The number of nitrogens with one attached hydrogen (secondary N) is 1. The van der Waals surface area contributed by atoms with E-state index in [1.807, 2.05) is 0 Å². The number of carbonyl (C=O) groups excluding carboxylic acids is 1. The summed E-state index contributed by atoms with van der Waals surface area (Å²) in [7, 11) is 0. The Labute approximate surface area is 112 Å². The van der Waals surface area contributed by atoms with Gasteiger partial charge in [-0.3, -0.25) is 0 Å². The maximum absolute atomic E-state index is 12.0. The van der Waals surface area contributed by atoms with Crippen molar-refractivity contribution in [2.45, 2.75) is 51.2 Å². The van der Waals surface area contributed by atoms with Crippen LogP contribution >= 0.6 is 0 Å². The van der Waals surface area contributed by atoms with Crippen LogP contribution in [0.4, 0.5) is 4.79 Å². The van der Waals surface area contributed by atoms with E-state index in [0.29, 0.717) is 6.54 Å². The summed E-state index contributed by atoms with van der Waals surface area (Å²) in [4.78, 5) is 24.3. The second kappa shape index (κ2) is 5.36. The Morgan fingerprint density at radius 3 is 2.63 bits per heavy atom. The van der Waals surface area contributed by atoms with Gasteiger partial charge in [-0.1, -0.05) is 13.3 Å². The Morgan fingerprint density at radius 1 is 1.42 bits per heavy atom. The van der Waals surface area contributed by atoms with Crippen molar-refractivity contribution in [3.05, 3.63) is 0 Å². The van der Waals surface area contributed by atoms with Crippen LogP contribution in [0.3, 0.4) is 0 Å². The number of hydrogen-bond acceptors (Lipinski definition) is 3. The molecule has 0 aromatic heterocycles. The molecule has 0 spiro atoms. The first-order valence-electron chi connectivity index (χ1n) is 6.93. The predicted molar refractivity (Wildman–Crippen MR) is 68.7 cm³/mol. The smallest absolute Gasteiger partial charge is 0.326 e. The lowest BCUT2D eigenvalue weighted by molar-refractivity contribution is -0.141. The summed E-state index contributed by atoms with van der Waals surface area (Å²) in [6.07, 6.45) is 3.83. The summed E-state index contributed by atoms with van der Waals surface area (Å²) in [6, 6.07) is -1.28. The number of urea groups is 1. The van der Waals surface area contributed by atoms with Gasteiger partial charge in [0.1, 0.15) is 6.04 Å². The zero-order chi connectivity index (χ0) is 14.0. The third-order valence-corrected chi connectivity index (χ3v) is 4.18. The van der Waals surface area contributed by atoms with Crippen molar-refractivity contribution in [2.75, 3.05) is 13.1 Å². The molecular weight excluding hydrogens is 248 g/mol. The van der Waals surface area contributed by atoms with Crippen molar-refractivity contribution in [3.63, 3.8) is 0 Å². The van der Waals surface area contributed by atoms with Gasteiger partial charge in [0.05, 0.1) is 6.10 Å². The molecule has 2 aliphatic rings. The lowest BCUT2D eigenvalue weighted by atomic mass is 10.0. The normalized spacial score (nSPS) is 28.2. The zero-order valence-electron chi connectivity index (χ0n) is 11.3. The molecule has 0 aromatic carbocycles. The SMILES string of the molecule is CCCC1(CNC(=O)N2CC(O)CC2C(=O)O)CC1. The lowest BCUT2D eigenvalue weighted by Crippen LogP contribution is -2.47. The first-order valence-corrected chi connectivity index (χ1v) is 6.93. The van der Waals surface area contributed by atoms with E-state index in [-0.39, 0.29) is 24.4 Å². The molecule has 2 atom stereocenters. The largest absolute Gasteiger partial charge is 0.480 e. The van der Waals surface area contributed by atoms with Crippen LogP contribution in [-0.4, -0.2) is 52.3 Å². The van der Waals surface area contributed by atoms with Gasteiger partial charge in [-0.2, -0.15) is 0 Å². The molecule has 0 aromatic rings. The Morgan fingerprint density at radius 2 is 2.11 bits per heavy atom. The molecule has 6 heteroatoms. The average Bonchev–Trinajstić information content (AvgIpc) is 3.00. The molecule has 1 aliphatic carbocycles. The number of aliphatic hydroxyl groups is 1. The number of aliphatic carboxylic acids is 1. The Hall–Kier alpha value is -1.30. The summed E-state index contributed by atoms with van der Waals surface area (Å²) in [5, 5.41) is 21.4. The highest BCUT2D eigenvalue weighted by molar-refractivity contribution is 5.83. The van der Waals surface area contributed by atoms with Gasteiger partial charge < -0.3 is 20.4 Å². The molecule has 1 heterocycles. The van der Waals surface area contributed by atoms with Crippen LogP contribution in [0.5, 0.6) is 0 Å². The summed E-state index contributed by atoms with van der Waals surface area (Å²) >= 11 is 0. The van der Waals surface area contributed by atoms with E-state index in [2.05, 4.69) is 12.2 Å². The number of carbonyl (C=O) groups is 2. The van der Waals surface area contributed by atoms with Gasteiger partial charge in [-0.05, 0) is 24.7 Å². The number of nitrogens with zero attached hydrogens (tertiary/aromatic N) is 1. The van der Waals surface area contributed by atoms with Crippen LogP contribution in [0.25, 0.3) is 0 Å². The third kappa shape index (κ3) is 3.18. The fourth-order valence-corrected chi connectivity index (χ4v) is 2.86. The molecular formula is C13H22N2O4. The number of rotatable bonds is 5. The van der Waals surface area contributed by atoms with Crippen molar-refractivity contribution in [1.29, 1.82) is 0 Å². The highest BCUT2D eigenvalue weighted by atomic mass is 16.4. The van der Waals surface area contributed by atoms with Gasteiger partial charge in [0, 0.05) is 19.5 Å².